The quantitative estimate of drug-likeness (QED) is 0.0800. The molecule has 3 aromatic carbocycles. The number of nitrogens with one attached hydrogen (secondary N) is 1. The number of para-hydroxylation sites is 2. The molecule has 0 unspecified atom stereocenters. The van der Waals surface area contributed by atoms with Gasteiger partial charge in [0.25, 0.3) is 11.6 Å². The number of hydrogen-bond donors (Lipinski definition) is 3. The topological polar surface area (TPSA) is 132 Å². The molecule has 51 heavy (non-hydrogen) atoms. The minimum atomic E-state index is -2.09. The number of carboxylic acids is 2. The number of carbonyl (C=O) groups excluding carboxylic acids is 2. The van der Waals surface area contributed by atoms with E-state index in [4.69, 9.17) is 16.8 Å². The zero-order valence-electron chi connectivity index (χ0n) is 27.6. The van der Waals surface area contributed by atoms with Crippen LogP contribution in [0, 0.1) is 6.57 Å². The van der Waals surface area contributed by atoms with Crippen LogP contribution in [0.25, 0.3) is 31.1 Å². The van der Waals surface area contributed by atoms with E-state index in [9.17, 15) is 19.2 Å². The SMILES string of the molecule is [C-]#[N+]/C(=C\c1cc2c(s1)-c1sc(-c3ccc(N(c4ccccc4)c4ccccc4)cc3)cc1[Si]2(C)C)C(=O)NCC(=O)N(CC(=O)O)CC(=O)O. The molecule has 256 valence electrons. The van der Waals surface area contributed by atoms with Gasteiger partial charge in [0.2, 0.25) is 5.91 Å². The summed E-state index contributed by atoms with van der Waals surface area (Å²) in [7, 11) is -2.09. The largest absolute Gasteiger partial charge is 0.480 e. The Balaban J connectivity index is 1.22. The zero-order chi connectivity index (χ0) is 36.3. The van der Waals surface area contributed by atoms with Gasteiger partial charge in [-0.15, -0.1) is 22.7 Å². The number of rotatable bonds is 12. The van der Waals surface area contributed by atoms with Gasteiger partial charge >= 0.3 is 11.9 Å². The standard InChI is InChI=1S/C38H32N4O6S2Si/c1-39-29(38(48)40-21-33(43)41(22-34(44)45)23-35(46)47)18-28-19-31-36(49-28)37-32(51(31,2)3)20-30(50-37)24-14-16-27(17-15-24)42(25-10-6-4-7-11-25)26-12-8-5-9-13-26/h4-20H,21-23H2,2-3H3,(H,40,48)(H,44,45)(H,46,47)/b29-18-. The number of carbonyl (C=O) groups is 4. The van der Waals surface area contributed by atoms with Gasteiger partial charge in [-0.05, 0) is 70.5 Å². The van der Waals surface area contributed by atoms with Crippen molar-refractivity contribution >= 4 is 88.0 Å². The summed E-state index contributed by atoms with van der Waals surface area (Å²) in [5, 5.41) is 22.9. The molecule has 0 fully saturated rings. The molecular weight excluding hydrogens is 701 g/mol. The van der Waals surface area contributed by atoms with Crippen molar-refractivity contribution in [1.82, 2.24) is 10.2 Å². The van der Waals surface area contributed by atoms with Crippen LogP contribution < -0.4 is 20.6 Å². The second-order valence-electron chi connectivity index (χ2n) is 12.3. The highest BCUT2D eigenvalue weighted by Crippen LogP contribution is 2.43. The first-order valence-corrected chi connectivity index (χ1v) is 20.5. The number of carboxylic acid groups (broad SMARTS) is 2. The molecule has 0 bridgehead atoms. The zero-order valence-corrected chi connectivity index (χ0v) is 30.3. The van der Waals surface area contributed by atoms with E-state index in [0.717, 1.165) is 32.4 Å². The molecule has 0 atom stereocenters. The Labute approximate surface area is 303 Å². The molecule has 0 spiro atoms. The van der Waals surface area contributed by atoms with Crippen molar-refractivity contribution < 1.29 is 29.4 Å². The number of benzene rings is 3. The van der Waals surface area contributed by atoms with Crippen molar-refractivity contribution in [2.24, 2.45) is 0 Å². The molecule has 0 aliphatic carbocycles. The lowest BCUT2D eigenvalue weighted by Gasteiger charge is -2.25. The summed E-state index contributed by atoms with van der Waals surface area (Å²) in [6, 6.07) is 33.5. The van der Waals surface area contributed by atoms with Gasteiger partial charge in [-0.1, -0.05) is 61.6 Å². The maximum Gasteiger partial charge on any atom is 0.323 e. The first-order valence-electron chi connectivity index (χ1n) is 15.8. The molecule has 5 aromatic rings. The van der Waals surface area contributed by atoms with E-state index in [1.165, 1.54) is 37.5 Å². The second-order valence-corrected chi connectivity index (χ2v) is 18.7. The molecule has 13 heteroatoms. The van der Waals surface area contributed by atoms with Gasteiger partial charge in [0.05, 0.1) is 13.1 Å². The van der Waals surface area contributed by atoms with Crippen LogP contribution in [0.15, 0.2) is 103 Å². The van der Waals surface area contributed by atoms with Crippen LogP contribution in [0.3, 0.4) is 0 Å². The fourth-order valence-electron chi connectivity index (χ4n) is 6.00. The average molecular weight is 733 g/mol. The minimum absolute atomic E-state index is 0.238. The third-order valence-corrected chi connectivity index (χ3v) is 14.8. The van der Waals surface area contributed by atoms with Crippen LogP contribution in [0.2, 0.25) is 13.1 Å². The number of thiophene rings is 2. The lowest BCUT2D eigenvalue weighted by Crippen LogP contribution is -2.48. The molecule has 1 aliphatic heterocycles. The summed E-state index contributed by atoms with van der Waals surface area (Å²) in [5.41, 5.74) is 4.07. The number of aliphatic carboxylic acids is 2. The van der Waals surface area contributed by atoms with E-state index in [1.54, 1.807) is 11.3 Å². The van der Waals surface area contributed by atoms with Crippen LogP contribution in [0.5, 0.6) is 0 Å². The van der Waals surface area contributed by atoms with Gasteiger partial charge in [0.1, 0.15) is 21.2 Å². The van der Waals surface area contributed by atoms with Crippen molar-refractivity contribution in [2.75, 3.05) is 24.5 Å². The Bertz CT molecular complexity index is 2150. The average Bonchev–Trinajstić information content (AvgIpc) is 3.80. The van der Waals surface area contributed by atoms with Crippen LogP contribution in [-0.2, 0) is 19.2 Å². The fourth-order valence-corrected chi connectivity index (χ4v) is 13.2. The first kappa shape index (κ1) is 35.0. The molecule has 2 aromatic heterocycles. The first-order chi connectivity index (χ1) is 24.5. The number of amides is 2. The molecule has 0 radical (unpaired) electrons. The third kappa shape index (κ3) is 7.39. The smallest absolute Gasteiger partial charge is 0.323 e. The second kappa shape index (κ2) is 14.6. The lowest BCUT2D eigenvalue weighted by molar-refractivity contribution is -0.149. The molecule has 3 N–H and O–H groups in total. The predicted octanol–water partition coefficient (Wildman–Crippen LogP) is 6.12. The Morgan fingerprint density at radius 3 is 1.86 bits per heavy atom. The molecule has 0 saturated carbocycles. The van der Waals surface area contributed by atoms with Crippen molar-refractivity contribution in [3.8, 4) is 20.2 Å². The summed E-state index contributed by atoms with van der Waals surface area (Å²) in [6.45, 7) is 9.89. The number of hydrogen-bond acceptors (Lipinski definition) is 7. The van der Waals surface area contributed by atoms with Crippen LogP contribution in [-0.4, -0.2) is 66.6 Å². The van der Waals surface area contributed by atoms with Gasteiger partial charge in [0.15, 0.2) is 0 Å². The predicted molar refractivity (Wildman–Crippen MR) is 204 cm³/mol. The van der Waals surface area contributed by atoms with E-state index in [2.05, 4.69) is 82.8 Å². The molecule has 10 nitrogen and oxygen atoms in total. The monoisotopic (exact) mass is 732 g/mol. The van der Waals surface area contributed by atoms with E-state index in [-0.39, 0.29) is 5.70 Å². The third-order valence-electron chi connectivity index (χ3n) is 8.51. The van der Waals surface area contributed by atoms with Crippen molar-refractivity contribution in [2.45, 2.75) is 13.1 Å². The Morgan fingerprint density at radius 1 is 0.784 bits per heavy atom. The molecule has 2 amide bonds. The fraction of sp³-hybridized carbons (Fsp3) is 0.132. The maximum absolute atomic E-state index is 12.9. The number of nitrogens with zero attached hydrogens (tertiary/aromatic N) is 3. The Hall–Kier alpha value is -5.81. The summed E-state index contributed by atoms with van der Waals surface area (Å²) in [4.78, 5) is 57.8. The number of anilines is 3. The van der Waals surface area contributed by atoms with E-state index < -0.39 is 51.5 Å². The molecular formula is C38H32N4O6S2Si. The summed E-state index contributed by atoms with van der Waals surface area (Å²) in [6.07, 6.45) is 1.49. The van der Waals surface area contributed by atoms with Gasteiger partial charge in [-0.2, -0.15) is 0 Å². The van der Waals surface area contributed by atoms with Crippen molar-refractivity contribution in [3.63, 3.8) is 0 Å². The Kier molecular flexibility index (Phi) is 10.0. The summed E-state index contributed by atoms with van der Waals surface area (Å²) < 4.78 is 0. The molecule has 0 saturated heterocycles. The highest BCUT2D eigenvalue weighted by molar-refractivity contribution is 7.30. The van der Waals surface area contributed by atoms with Crippen LogP contribution in [0.4, 0.5) is 17.1 Å². The van der Waals surface area contributed by atoms with Gasteiger partial charge in [-0.3, -0.25) is 19.2 Å². The normalized spacial score (nSPS) is 12.7. The summed E-state index contributed by atoms with van der Waals surface area (Å²) >= 11 is 3.25. The Morgan fingerprint density at radius 2 is 1.31 bits per heavy atom. The van der Waals surface area contributed by atoms with Crippen LogP contribution in [0.1, 0.15) is 4.88 Å². The minimum Gasteiger partial charge on any atom is -0.480 e. The van der Waals surface area contributed by atoms with E-state index >= 15 is 0 Å². The van der Waals surface area contributed by atoms with Gasteiger partial charge in [0, 0.05) is 36.6 Å². The van der Waals surface area contributed by atoms with Gasteiger partial charge < -0.3 is 25.3 Å². The summed E-state index contributed by atoms with van der Waals surface area (Å²) in [5.74, 6) is -4.47. The molecule has 6 rings (SSSR count). The highest BCUT2D eigenvalue weighted by Gasteiger charge is 2.41. The number of fused-ring (bicyclic) bond motifs is 3. The lowest BCUT2D eigenvalue weighted by atomic mass is 10.1. The molecule has 3 heterocycles. The van der Waals surface area contributed by atoms with Crippen molar-refractivity contribution in [1.29, 1.82) is 0 Å². The van der Waals surface area contributed by atoms with E-state index in [0.29, 0.717) is 4.90 Å². The van der Waals surface area contributed by atoms with Crippen LogP contribution >= 0.6 is 22.7 Å². The van der Waals surface area contributed by atoms with Gasteiger partial charge in [-0.25, -0.2) is 4.85 Å². The maximum atomic E-state index is 12.9. The van der Waals surface area contributed by atoms with E-state index in [1.807, 2.05) is 42.5 Å². The van der Waals surface area contributed by atoms with Crippen molar-refractivity contribution in [3.05, 3.63) is 119 Å². The molecule has 1 aliphatic rings. The highest BCUT2D eigenvalue weighted by atomic mass is 32.1.